The highest BCUT2D eigenvalue weighted by Crippen LogP contribution is 2.32. The number of rotatable bonds is 2. The van der Waals surface area contributed by atoms with E-state index < -0.39 is 22.8 Å². The Hall–Kier alpha value is -0.920. The zero-order chi connectivity index (χ0) is 13.3. The molecule has 0 aliphatic carbocycles. The van der Waals surface area contributed by atoms with Crippen LogP contribution in [0.2, 0.25) is 0 Å². The Morgan fingerprint density at radius 1 is 1.33 bits per heavy atom. The summed E-state index contributed by atoms with van der Waals surface area (Å²) in [6.45, 7) is 0.837. The Labute approximate surface area is 105 Å². The van der Waals surface area contributed by atoms with Crippen LogP contribution in [0.1, 0.15) is 16.7 Å². The van der Waals surface area contributed by atoms with Gasteiger partial charge in [0.05, 0.1) is 11.4 Å². The van der Waals surface area contributed by atoms with E-state index in [0.29, 0.717) is 25.1 Å². The molecule has 3 nitrogen and oxygen atoms in total. The topological polar surface area (TPSA) is 43.4 Å². The van der Waals surface area contributed by atoms with Crippen LogP contribution in [-0.4, -0.2) is 26.1 Å². The highest BCUT2D eigenvalue weighted by molar-refractivity contribution is 7.79. The van der Waals surface area contributed by atoms with Crippen molar-refractivity contribution in [3.63, 3.8) is 0 Å². The average Bonchev–Trinajstić information content (AvgIpc) is 2.26. The standard InChI is InChI=1S/C11H12F3NO2S/c12-11(13,14)10-2-1-9-6-15(7-18(16)17)4-3-8(9)5-10/h1-2,5H,3-4,6-7H2,(H,16,17)/p-1. The third-order valence-electron chi connectivity index (χ3n) is 2.91. The van der Waals surface area contributed by atoms with Crippen LogP contribution in [-0.2, 0) is 30.2 Å². The van der Waals surface area contributed by atoms with E-state index in [4.69, 9.17) is 0 Å². The van der Waals surface area contributed by atoms with Crippen molar-refractivity contribution in [3.8, 4) is 0 Å². The van der Waals surface area contributed by atoms with Gasteiger partial charge in [-0.3, -0.25) is 9.11 Å². The number of fused-ring (bicyclic) bond motifs is 1. The van der Waals surface area contributed by atoms with Crippen molar-refractivity contribution in [1.82, 2.24) is 4.90 Å². The molecule has 0 saturated carbocycles. The molecule has 0 saturated heterocycles. The summed E-state index contributed by atoms with van der Waals surface area (Å²) in [5.41, 5.74) is 0.763. The molecule has 1 aromatic rings. The minimum Gasteiger partial charge on any atom is -0.771 e. The maximum Gasteiger partial charge on any atom is 0.416 e. The molecule has 7 heteroatoms. The summed E-state index contributed by atoms with van der Waals surface area (Å²) in [4.78, 5) is 1.69. The van der Waals surface area contributed by atoms with E-state index in [-0.39, 0.29) is 5.88 Å². The predicted octanol–water partition coefficient (Wildman–Crippen LogP) is 1.90. The monoisotopic (exact) mass is 278 g/mol. The van der Waals surface area contributed by atoms with Gasteiger partial charge in [0.1, 0.15) is 0 Å². The molecule has 1 aliphatic rings. The van der Waals surface area contributed by atoms with Crippen molar-refractivity contribution < 1.29 is 21.9 Å². The van der Waals surface area contributed by atoms with Gasteiger partial charge in [0.2, 0.25) is 0 Å². The van der Waals surface area contributed by atoms with Crippen LogP contribution in [0.5, 0.6) is 0 Å². The second-order valence-corrected chi connectivity index (χ2v) is 5.08. The molecule has 2 rings (SSSR count). The SMILES string of the molecule is O=S([O-])CN1CCc2cc(C(F)(F)F)ccc2C1. The molecule has 0 amide bonds. The lowest BCUT2D eigenvalue weighted by atomic mass is 9.97. The average molecular weight is 278 g/mol. The lowest BCUT2D eigenvalue weighted by Gasteiger charge is -2.29. The Kier molecular flexibility index (Phi) is 3.74. The first-order valence-electron chi connectivity index (χ1n) is 5.33. The zero-order valence-corrected chi connectivity index (χ0v) is 10.2. The van der Waals surface area contributed by atoms with Crippen LogP contribution in [0.15, 0.2) is 18.2 Å². The largest absolute Gasteiger partial charge is 0.771 e. The summed E-state index contributed by atoms with van der Waals surface area (Å²) >= 11 is -2.16. The Bertz CT molecular complexity index is 476. The highest BCUT2D eigenvalue weighted by atomic mass is 32.2. The van der Waals surface area contributed by atoms with Crippen LogP contribution >= 0.6 is 0 Å². The maximum absolute atomic E-state index is 12.5. The van der Waals surface area contributed by atoms with Gasteiger partial charge in [-0.25, -0.2) is 0 Å². The molecular weight excluding hydrogens is 267 g/mol. The molecular formula is C11H11F3NO2S-. The Balaban J connectivity index is 2.18. The van der Waals surface area contributed by atoms with E-state index in [9.17, 15) is 21.9 Å². The lowest BCUT2D eigenvalue weighted by molar-refractivity contribution is -0.137. The molecule has 0 fully saturated rings. The van der Waals surface area contributed by atoms with Crippen molar-refractivity contribution in [2.24, 2.45) is 0 Å². The maximum atomic E-state index is 12.5. The summed E-state index contributed by atoms with van der Waals surface area (Å²) in [5, 5.41) is 0. The van der Waals surface area contributed by atoms with Gasteiger partial charge < -0.3 is 4.55 Å². The summed E-state index contributed by atoms with van der Waals surface area (Å²) < 4.78 is 58.7. The van der Waals surface area contributed by atoms with Crippen molar-refractivity contribution in [2.75, 3.05) is 12.4 Å². The predicted molar refractivity (Wildman–Crippen MR) is 59.3 cm³/mol. The molecule has 1 aliphatic heterocycles. The van der Waals surface area contributed by atoms with Crippen LogP contribution < -0.4 is 0 Å². The smallest absolute Gasteiger partial charge is 0.416 e. The number of halogens is 3. The van der Waals surface area contributed by atoms with Crippen molar-refractivity contribution >= 4 is 11.1 Å². The second kappa shape index (κ2) is 4.99. The summed E-state index contributed by atoms with van der Waals surface area (Å²) in [6.07, 6.45) is -3.89. The molecule has 1 atom stereocenters. The fourth-order valence-corrected chi connectivity index (χ4v) is 2.57. The number of benzene rings is 1. The van der Waals surface area contributed by atoms with E-state index >= 15 is 0 Å². The molecule has 18 heavy (non-hydrogen) atoms. The molecule has 0 radical (unpaired) electrons. The quantitative estimate of drug-likeness (QED) is 0.776. The summed E-state index contributed by atoms with van der Waals surface area (Å²) in [6, 6.07) is 3.62. The van der Waals surface area contributed by atoms with Gasteiger partial charge in [0.15, 0.2) is 0 Å². The van der Waals surface area contributed by atoms with E-state index in [1.54, 1.807) is 4.90 Å². The number of alkyl halides is 3. The van der Waals surface area contributed by atoms with Crippen molar-refractivity contribution in [1.29, 1.82) is 0 Å². The van der Waals surface area contributed by atoms with Gasteiger partial charge in [-0.15, -0.1) is 0 Å². The third kappa shape index (κ3) is 3.09. The Morgan fingerprint density at radius 3 is 2.67 bits per heavy atom. The van der Waals surface area contributed by atoms with E-state index in [1.807, 2.05) is 0 Å². The van der Waals surface area contributed by atoms with Crippen molar-refractivity contribution in [2.45, 2.75) is 19.1 Å². The molecule has 0 spiro atoms. The summed E-state index contributed by atoms with van der Waals surface area (Å²) in [7, 11) is 0. The van der Waals surface area contributed by atoms with Gasteiger partial charge >= 0.3 is 6.18 Å². The van der Waals surface area contributed by atoms with Crippen LogP contribution in [0, 0.1) is 0 Å². The first-order valence-corrected chi connectivity index (χ1v) is 6.58. The molecule has 1 heterocycles. The normalized spacial score (nSPS) is 18.4. The minimum absolute atomic E-state index is 0.0829. The highest BCUT2D eigenvalue weighted by Gasteiger charge is 2.31. The van der Waals surface area contributed by atoms with Gasteiger partial charge in [0, 0.05) is 13.1 Å². The number of nitrogens with zero attached hydrogens (tertiary/aromatic N) is 1. The summed E-state index contributed by atoms with van der Waals surface area (Å²) in [5.74, 6) is -0.0829. The first-order chi connectivity index (χ1) is 8.36. The third-order valence-corrected chi connectivity index (χ3v) is 3.49. The van der Waals surface area contributed by atoms with Gasteiger partial charge in [-0.1, -0.05) is 6.07 Å². The molecule has 100 valence electrons. The van der Waals surface area contributed by atoms with E-state index in [0.717, 1.165) is 17.7 Å². The zero-order valence-electron chi connectivity index (χ0n) is 9.37. The fraction of sp³-hybridized carbons (Fsp3) is 0.455. The molecule has 0 N–H and O–H groups in total. The van der Waals surface area contributed by atoms with Gasteiger partial charge in [0.25, 0.3) is 0 Å². The minimum atomic E-state index is -4.33. The van der Waals surface area contributed by atoms with Gasteiger partial charge in [-0.2, -0.15) is 13.2 Å². The lowest BCUT2D eigenvalue weighted by Crippen LogP contribution is -2.33. The van der Waals surface area contributed by atoms with Crippen LogP contribution in [0.25, 0.3) is 0 Å². The first kappa shape index (κ1) is 13.5. The Morgan fingerprint density at radius 2 is 2.06 bits per heavy atom. The van der Waals surface area contributed by atoms with Crippen LogP contribution in [0.3, 0.4) is 0 Å². The second-order valence-electron chi connectivity index (χ2n) is 4.22. The molecule has 1 aromatic carbocycles. The number of hydrogen-bond donors (Lipinski definition) is 0. The molecule has 0 aromatic heterocycles. The van der Waals surface area contributed by atoms with Gasteiger partial charge in [-0.05, 0) is 40.8 Å². The fourth-order valence-electron chi connectivity index (χ4n) is 2.05. The van der Waals surface area contributed by atoms with Crippen LogP contribution in [0.4, 0.5) is 13.2 Å². The van der Waals surface area contributed by atoms with E-state index in [1.165, 1.54) is 6.07 Å². The molecule has 0 bridgehead atoms. The van der Waals surface area contributed by atoms with E-state index in [2.05, 4.69) is 0 Å². The van der Waals surface area contributed by atoms with Crippen molar-refractivity contribution in [3.05, 3.63) is 34.9 Å². The molecule has 1 unspecified atom stereocenters. The number of hydrogen-bond acceptors (Lipinski definition) is 3.